The first kappa shape index (κ1) is 9.97. The molecule has 2 aromatic rings. The van der Waals surface area contributed by atoms with Gasteiger partial charge in [-0.3, -0.25) is 4.68 Å². The van der Waals surface area contributed by atoms with Gasteiger partial charge >= 0.3 is 0 Å². The first-order valence-electron chi connectivity index (χ1n) is 5.29. The molecule has 1 aromatic carbocycles. The Bertz CT molecular complexity index is 441. The minimum atomic E-state index is 0.418. The zero-order valence-corrected chi connectivity index (χ0v) is 9.44. The van der Waals surface area contributed by atoms with Crippen LogP contribution in [0.1, 0.15) is 25.5 Å². The normalized spacial score (nSPS) is 10.9. The molecular weight excluding hydrogens is 184 g/mol. The lowest BCUT2D eigenvalue weighted by atomic mass is 10.1. The number of hydrogen-bond acceptors (Lipinski definition) is 1. The van der Waals surface area contributed by atoms with Gasteiger partial charge in [0.05, 0.1) is 5.69 Å². The van der Waals surface area contributed by atoms with E-state index in [4.69, 9.17) is 0 Å². The molecular formula is C13H16N2. The van der Waals surface area contributed by atoms with Crippen LogP contribution in [0.5, 0.6) is 0 Å². The molecule has 0 aliphatic heterocycles. The summed E-state index contributed by atoms with van der Waals surface area (Å²) in [6, 6.07) is 10.7. The Labute approximate surface area is 90.6 Å². The molecule has 0 atom stereocenters. The molecule has 0 N–H and O–H groups in total. The van der Waals surface area contributed by atoms with E-state index in [1.165, 1.54) is 11.1 Å². The molecule has 0 saturated carbocycles. The van der Waals surface area contributed by atoms with Gasteiger partial charge in [-0.05, 0) is 26.3 Å². The minimum absolute atomic E-state index is 0.418. The van der Waals surface area contributed by atoms with Crippen molar-refractivity contribution >= 4 is 0 Å². The highest BCUT2D eigenvalue weighted by Crippen LogP contribution is 2.22. The van der Waals surface area contributed by atoms with Gasteiger partial charge in [-0.1, -0.05) is 30.3 Å². The quantitative estimate of drug-likeness (QED) is 0.726. The lowest BCUT2D eigenvalue weighted by Crippen LogP contribution is -2.00. The van der Waals surface area contributed by atoms with Gasteiger partial charge in [0.15, 0.2) is 0 Å². The molecule has 0 radical (unpaired) electrons. The Morgan fingerprint density at radius 3 is 2.33 bits per heavy atom. The fourth-order valence-corrected chi connectivity index (χ4v) is 1.63. The van der Waals surface area contributed by atoms with Crippen LogP contribution in [0, 0.1) is 6.92 Å². The highest BCUT2D eigenvalue weighted by atomic mass is 15.3. The summed E-state index contributed by atoms with van der Waals surface area (Å²) in [6.45, 7) is 6.39. The third kappa shape index (κ3) is 1.94. The Morgan fingerprint density at radius 2 is 1.80 bits per heavy atom. The number of hydrogen-bond donors (Lipinski definition) is 0. The Kier molecular flexibility index (Phi) is 2.58. The van der Waals surface area contributed by atoms with E-state index in [9.17, 15) is 0 Å². The second-order valence-corrected chi connectivity index (χ2v) is 4.10. The van der Waals surface area contributed by atoms with Crippen LogP contribution in [0.3, 0.4) is 0 Å². The van der Waals surface area contributed by atoms with Crippen LogP contribution >= 0.6 is 0 Å². The predicted molar refractivity (Wildman–Crippen MR) is 62.8 cm³/mol. The van der Waals surface area contributed by atoms with Gasteiger partial charge in [-0.15, -0.1) is 0 Å². The third-order valence-electron chi connectivity index (χ3n) is 2.49. The molecule has 0 amide bonds. The van der Waals surface area contributed by atoms with Crippen molar-refractivity contribution in [1.29, 1.82) is 0 Å². The summed E-state index contributed by atoms with van der Waals surface area (Å²) in [6.07, 6.45) is 2.10. The molecule has 0 saturated heterocycles. The van der Waals surface area contributed by atoms with Crippen molar-refractivity contribution in [3.8, 4) is 11.3 Å². The van der Waals surface area contributed by atoms with Crippen molar-refractivity contribution in [2.45, 2.75) is 26.8 Å². The second-order valence-electron chi connectivity index (χ2n) is 4.10. The van der Waals surface area contributed by atoms with E-state index < -0.39 is 0 Å². The molecule has 15 heavy (non-hydrogen) atoms. The number of nitrogens with zero attached hydrogens (tertiary/aromatic N) is 2. The van der Waals surface area contributed by atoms with Gasteiger partial charge in [0.1, 0.15) is 0 Å². The fraction of sp³-hybridized carbons (Fsp3) is 0.308. The fourth-order valence-electron chi connectivity index (χ4n) is 1.63. The molecule has 0 fully saturated rings. The average molecular weight is 200 g/mol. The SMILES string of the molecule is Cc1cn(C(C)C)nc1-c1ccccc1. The van der Waals surface area contributed by atoms with Crippen molar-refractivity contribution in [2.75, 3.05) is 0 Å². The van der Waals surface area contributed by atoms with E-state index in [0.29, 0.717) is 6.04 Å². The highest BCUT2D eigenvalue weighted by molar-refractivity contribution is 5.62. The Morgan fingerprint density at radius 1 is 1.13 bits per heavy atom. The molecule has 2 nitrogen and oxygen atoms in total. The molecule has 1 heterocycles. The van der Waals surface area contributed by atoms with Gasteiger partial charge in [0.25, 0.3) is 0 Å². The third-order valence-corrected chi connectivity index (χ3v) is 2.49. The Balaban J connectivity index is 2.45. The molecule has 2 rings (SSSR count). The Hall–Kier alpha value is -1.57. The lowest BCUT2D eigenvalue weighted by molar-refractivity contribution is 0.533. The summed E-state index contributed by atoms with van der Waals surface area (Å²) < 4.78 is 2.01. The number of aromatic nitrogens is 2. The van der Waals surface area contributed by atoms with E-state index in [-0.39, 0.29) is 0 Å². The van der Waals surface area contributed by atoms with E-state index in [1.807, 2.05) is 22.9 Å². The zero-order chi connectivity index (χ0) is 10.8. The van der Waals surface area contributed by atoms with Crippen molar-refractivity contribution in [2.24, 2.45) is 0 Å². The standard InChI is InChI=1S/C13H16N2/c1-10(2)15-9-11(3)13(14-15)12-7-5-4-6-8-12/h4-10H,1-3H3. The summed E-state index contributed by atoms with van der Waals surface area (Å²) >= 11 is 0. The van der Waals surface area contributed by atoms with Crippen LogP contribution in [0.25, 0.3) is 11.3 Å². The molecule has 0 bridgehead atoms. The summed E-state index contributed by atoms with van der Waals surface area (Å²) in [7, 11) is 0. The monoisotopic (exact) mass is 200 g/mol. The first-order valence-corrected chi connectivity index (χ1v) is 5.29. The van der Waals surface area contributed by atoms with E-state index >= 15 is 0 Å². The van der Waals surface area contributed by atoms with Gasteiger partial charge in [0.2, 0.25) is 0 Å². The molecule has 78 valence electrons. The van der Waals surface area contributed by atoms with E-state index in [2.05, 4.69) is 44.2 Å². The predicted octanol–water partition coefficient (Wildman–Crippen LogP) is 3.44. The molecule has 0 unspecified atom stereocenters. The van der Waals surface area contributed by atoms with Gasteiger partial charge in [-0.25, -0.2) is 0 Å². The smallest absolute Gasteiger partial charge is 0.0952 e. The van der Waals surface area contributed by atoms with Crippen molar-refractivity contribution in [3.05, 3.63) is 42.1 Å². The van der Waals surface area contributed by atoms with Crippen molar-refractivity contribution in [1.82, 2.24) is 9.78 Å². The van der Waals surface area contributed by atoms with Gasteiger partial charge < -0.3 is 0 Å². The van der Waals surface area contributed by atoms with Crippen LogP contribution in [0.4, 0.5) is 0 Å². The maximum Gasteiger partial charge on any atom is 0.0952 e. The van der Waals surface area contributed by atoms with Crippen molar-refractivity contribution in [3.63, 3.8) is 0 Å². The first-order chi connectivity index (χ1) is 7.18. The summed E-state index contributed by atoms with van der Waals surface area (Å²) in [5, 5.41) is 4.60. The molecule has 0 aliphatic carbocycles. The highest BCUT2D eigenvalue weighted by Gasteiger charge is 2.08. The maximum absolute atomic E-state index is 4.60. The number of aryl methyl sites for hydroxylation is 1. The van der Waals surface area contributed by atoms with Gasteiger partial charge in [0, 0.05) is 17.8 Å². The average Bonchev–Trinajstić information content (AvgIpc) is 2.62. The van der Waals surface area contributed by atoms with Crippen molar-refractivity contribution < 1.29 is 0 Å². The molecule has 0 spiro atoms. The van der Waals surface area contributed by atoms with Gasteiger partial charge in [-0.2, -0.15) is 5.10 Å². The van der Waals surface area contributed by atoms with Crippen LogP contribution in [0.2, 0.25) is 0 Å². The van der Waals surface area contributed by atoms with E-state index in [0.717, 1.165) is 5.69 Å². The minimum Gasteiger partial charge on any atom is -0.269 e. The van der Waals surface area contributed by atoms with Crippen LogP contribution in [-0.4, -0.2) is 9.78 Å². The van der Waals surface area contributed by atoms with Crippen LogP contribution in [-0.2, 0) is 0 Å². The molecule has 2 heteroatoms. The molecule has 1 aromatic heterocycles. The van der Waals surface area contributed by atoms with Crippen LogP contribution < -0.4 is 0 Å². The number of benzene rings is 1. The number of rotatable bonds is 2. The molecule has 0 aliphatic rings. The summed E-state index contributed by atoms with van der Waals surface area (Å²) in [4.78, 5) is 0. The zero-order valence-electron chi connectivity index (χ0n) is 9.44. The lowest BCUT2D eigenvalue weighted by Gasteiger charge is -2.03. The second kappa shape index (κ2) is 3.89. The summed E-state index contributed by atoms with van der Waals surface area (Å²) in [5.41, 5.74) is 3.51. The topological polar surface area (TPSA) is 17.8 Å². The van der Waals surface area contributed by atoms with Crippen LogP contribution in [0.15, 0.2) is 36.5 Å². The maximum atomic E-state index is 4.60. The van der Waals surface area contributed by atoms with E-state index in [1.54, 1.807) is 0 Å². The summed E-state index contributed by atoms with van der Waals surface area (Å²) in [5.74, 6) is 0. The largest absolute Gasteiger partial charge is 0.269 e.